The molecule has 1 amide bonds. The fourth-order valence-electron chi connectivity index (χ4n) is 6.96. The Balaban J connectivity index is 1.43. The van der Waals surface area contributed by atoms with Crippen molar-refractivity contribution in [2.24, 2.45) is 0 Å². The van der Waals surface area contributed by atoms with Crippen LogP contribution in [0.1, 0.15) is 81.2 Å². The lowest BCUT2D eigenvalue weighted by molar-refractivity contribution is 0.0779. The van der Waals surface area contributed by atoms with E-state index in [0.717, 1.165) is 17.3 Å². The molecule has 0 bridgehead atoms. The molecule has 4 heterocycles. The fourth-order valence-corrected chi connectivity index (χ4v) is 6.96. The number of rotatable bonds is 4. The maximum Gasteiger partial charge on any atom is 0.407 e. The predicted molar refractivity (Wildman–Crippen MR) is 160 cm³/mol. The monoisotopic (exact) mass is 590 g/mol. The fraction of sp³-hybridized carbons (Fsp3) is 0.438. The van der Waals surface area contributed by atoms with E-state index in [1.54, 1.807) is 22.9 Å². The summed E-state index contributed by atoms with van der Waals surface area (Å²) >= 11 is 0. The van der Waals surface area contributed by atoms with Gasteiger partial charge in [-0.2, -0.15) is 0 Å². The molecule has 3 aromatic heterocycles. The van der Waals surface area contributed by atoms with E-state index in [-0.39, 0.29) is 35.7 Å². The van der Waals surface area contributed by atoms with Crippen LogP contribution in [-0.4, -0.2) is 53.7 Å². The van der Waals surface area contributed by atoms with Crippen LogP contribution in [0.3, 0.4) is 0 Å². The van der Waals surface area contributed by atoms with Crippen LogP contribution in [0.5, 0.6) is 0 Å². The third-order valence-corrected chi connectivity index (χ3v) is 8.76. The largest absolute Gasteiger partial charge is 0.465 e. The summed E-state index contributed by atoms with van der Waals surface area (Å²) in [4.78, 5) is 39.3. The zero-order valence-electron chi connectivity index (χ0n) is 24.5. The lowest BCUT2D eigenvalue weighted by Gasteiger charge is -2.42. The molecule has 11 heteroatoms. The van der Waals surface area contributed by atoms with Crippen molar-refractivity contribution in [1.82, 2.24) is 24.4 Å². The number of pyridine rings is 2. The number of benzene rings is 1. The highest BCUT2D eigenvalue weighted by Crippen LogP contribution is 2.44. The summed E-state index contributed by atoms with van der Waals surface area (Å²) in [5.74, 6) is -1.69. The van der Waals surface area contributed by atoms with Crippen molar-refractivity contribution >= 4 is 23.1 Å². The second-order valence-electron chi connectivity index (χ2n) is 12.7. The molecule has 0 spiro atoms. The molecule has 4 atom stereocenters. The van der Waals surface area contributed by atoms with Crippen LogP contribution < -0.4 is 11.0 Å². The van der Waals surface area contributed by atoms with Crippen molar-refractivity contribution in [3.05, 3.63) is 87.6 Å². The molecule has 6 rings (SSSR count). The molecule has 0 saturated carbocycles. The summed E-state index contributed by atoms with van der Waals surface area (Å²) in [6.07, 6.45) is 2.95. The van der Waals surface area contributed by atoms with E-state index in [0.29, 0.717) is 54.6 Å². The number of nitrogens with one attached hydrogen (secondary N) is 2. The number of anilines is 1. The van der Waals surface area contributed by atoms with Crippen LogP contribution >= 0.6 is 0 Å². The first-order valence-corrected chi connectivity index (χ1v) is 14.8. The van der Waals surface area contributed by atoms with Crippen LogP contribution in [0.25, 0.3) is 11.2 Å². The third-order valence-electron chi connectivity index (χ3n) is 8.76. The number of fused-ring (bicyclic) bond motifs is 2. The van der Waals surface area contributed by atoms with Gasteiger partial charge < -0.3 is 15.3 Å². The van der Waals surface area contributed by atoms with Crippen molar-refractivity contribution in [3.63, 3.8) is 0 Å². The van der Waals surface area contributed by atoms with E-state index in [4.69, 9.17) is 4.98 Å². The van der Waals surface area contributed by atoms with Gasteiger partial charge in [0.1, 0.15) is 5.82 Å². The second-order valence-corrected chi connectivity index (χ2v) is 12.7. The van der Waals surface area contributed by atoms with Gasteiger partial charge in [0.05, 0.1) is 11.2 Å². The molecular formula is C32H36F2N6O3. The number of imidazole rings is 1. The number of likely N-dealkylation sites (tertiary alicyclic amines) is 1. The average molecular weight is 591 g/mol. The number of amides is 1. The second kappa shape index (κ2) is 11.1. The highest BCUT2D eigenvalue weighted by Gasteiger charge is 2.42. The van der Waals surface area contributed by atoms with E-state index in [9.17, 15) is 19.1 Å². The number of halogens is 2. The molecule has 1 fully saturated rings. The first-order valence-electron chi connectivity index (χ1n) is 14.8. The number of carbonyl (C=O) groups is 1. The van der Waals surface area contributed by atoms with Crippen molar-refractivity contribution in [3.8, 4) is 0 Å². The quantitative estimate of drug-likeness (QED) is 0.244. The molecule has 1 aromatic carbocycles. The first-order chi connectivity index (χ1) is 20.5. The van der Waals surface area contributed by atoms with E-state index < -0.39 is 23.8 Å². The van der Waals surface area contributed by atoms with Crippen molar-refractivity contribution < 1.29 is 18.7 Å². The van der Waals surface area contributed by atoms with Gasteiger partial charge >= 0.3 is 11.8 Å². The van der Waals surface area contributed by atoms with Gasteiger partial charge in [0.15, 0.2) is 17.3 Å². The van der Waals surface area contributed by atoms with E-state index in [1.807, 2.05) is 39.0 Å². The van der Waals surface area contributed by atoms with Crippen LogP contribution in [0, 0.1) is 11.6 Å². The van der Waals surface area contributed by atoms with Crippen LogP contribution in [-0.2, 0) is 6.42 Å². The number of aromatic nitrogens is 4. The van der Waals surface area contributed by atoms with Gasteiger partial charge in [-0.05, 0) is 94.2 Å². The number of aromatic amines is 1. The SMILES string of the molecule is CC(C)(C)Nc1ccc2c(n1)[C@@H](C1CC(n3c(=O)[nH]c4ncccc43)CCN1C(=O)O)CC[C@@H](c1cccc(F)c1F)C2. The molecule has 43 heavy (non-hydrogen) atoms. The van der Waals surface area contributed by atoms with Crippen molar-refractivity contribution in [2.75, 3.05) is 11.9 Å². The molecule has 2 unspecified atom stereocenters. The minimum atomic E-state index is -1.03. The summed E-state index contributed by atoms with van der Waals surface area (Å²) in [6.45, 7) is 6.35. The highest BCUT2D eigenvalue weighted by atomic mass is 19.2. The third kappa shape index (κ3) is 5.60. The molecule has 1 aliphatic carbocycles. The Bertz CT molecular complexity index is 1730. The molecule has 9 nitrogen and oxygen atoms in total. The number of carboxylic acid groups (broad SMARTS) is 1. The number of piperidine rings is 1. The van der Waals surface area contributed by atoms with Gasteiger partial charge in [0.25, 0.3) is 0 Å². The van der Waals surface area contributed by atoms with Crippen molar-refractivity contribution in [2.45, 2.75) is 82.3 Å². The predicted octanol–water partition coefficient (Wildman–Crippen LogP) is 6.20. The molecule has 3 N–H and O–H groups in total. The average Bonchev–Trinajstić information content (AvgIpc) is 3.17. The van der Waals surface area contributed by atoms with Gasteiger partial charge in [0.2, 0.25) is 0 Å². The maximum absolute atomic E-state index is 15.0. The molecule has 4 aromatic rings. The molecule has 1 saturated heterocycles. The van der Waals surface area contributed by atoms with Gasteiger partial charge in [-0.1, -0.05) is 18.2 Å². The molecule has 2 aliphatic rings. The molecule has 226 valence electrons. The Kier molecular flexibility index (Phi) is 7.43. The number of hydrogen-bond donors (Lipinski definition) is 3. The summed E-state index contributed by atoms with van der Waals surface area (Å²) in [6, 6.07) is 11.0. The number of nitrogens with zero attached hydrogens (tertiary/aromatic N) is 4. The summed E-state index contributed by atoms with van der Waals surface area (Å²) < 4.78 is 31.0. The molecule has 1 aliphatic heterocycles. The summed E-state index contributed by atoms with van der Waals surface area (Å²) in [5.41, 5.74) is 2.59. The number of hydrogen-bond acceptors (Lipinski definition) is 5. The number of H-pyrrole nitrogens is 1. The first kappa shape index (κ1) is 28.8. The molecular weight excluding hydrogens is 554 g/mol. The van der Waals surface area contributed by atoms with Gasteiger partial charge in [0, 0.05) is 36.3 Å². The van der Waals surface area contributed by atoms with Gasteiger partial charge in [-0.3, -0.25) is 9.55 Å². The highest BCUT2D eigenvalue weighted by molar-refractivity contribution is 5.70. The lowest BCUT2D eigenvalue weighted by atomic mass is 9.82. The normalized spacial score (nSPS) is 22.7. The zero-order valence-corrected chi connectivity index (χ0v) is 24.5. The topological polar surface area (TPSA) is 116 Å². The summed E-state index contributed by atoms with van der Waals surface area (Å²) in [5, 5.41) is 13.7. The maximum atomic E-state index is 15.0. The Morgan fingerprint density at radius 2 is 1.91 bits per heavy atom. The Morgan fingerprint density at radius 3 is 2.67 bits per heavy atom. The summed E-state index contributed by atoms with van der Waals surface area (Å²) in [7, 11) is 0. The Labute approximate surface area is 248 Å². The Morgan fingerprint density at radius 1 is 1.09 bits per heavy atom. The van der Waals surface area contributed by atoms with Gasteiger partial charge in [-0.15, -0.1) is 0 Å². The molecule has 0 radical (unpaired) electrons. The Hall–Kier alpha value is -4.28. The van der Waals surface area contributed by atoms with E-state index in [1.165, 1.54) is 11.0 Å². The van der Waals surface area contributed by atoms with Crippen LogP contribution in [0.4, 0.5) is 19.4 Å². The lowest BCUT2D eigenvalue weighted by Crippen LogP contribution is -2.49. The van der Waals surface area contributed by atoms with Gasteiger partial charge in [-0.25, -0.2) is 28.3 Å². The van der Waals surface area contributed by atoms with Crippen molar-refractivity contribution in [1.29, 1.82) is 0 Å². The minimum absolute atomic E-state index is 0.248. The zero-order chi connectivity index (χ0) is 30.5. The van der Waals surface area contributed by atoms with Crippen LogP contribution in [0.15, 0.2) is 53.5 Å². The minimum Gasteiger partial charge on any atom is -0.465 e. The van der Waals surface area contributed by atoms with E-state index >= 15 is 4.39 Å². The smallest absolute Gasteiger partial charge is 0.407 e. The standard InChI is InChI=1S/C32H36F2N6O3/c1-32(2,3)38-26-12-10-19-16-18(21-6-4-7-23(33)27(21)34)9-11-22(28(19)36-26)25-17-20(13-15-39(25)31(42)43)40-24-8-5-14-35-29(24)37-30(40)41/h4-8,10,12,14,18,20,22,25H,9,11,13,15-17H2,1-3H3,(H,36,38)(H,42,43)(H,35,37,41)/t18-,20?,22-,25?/m1/s1. The van der Waals surface area contributed by atoms with E-state index in [2.05, 4.69) is 15.3 Å². The van der Waals surface area contributed by atoms with Crippen LogP contribution in [0.2, 0.25) is 0 Å².